The van der Waals surface area contributed by atoms with E-state index in [0.29, 0.717) is 10.8 Å². The Morgan fingerprint density at radius 1 is 1.15 bits per heavy atom. The predicted molar refractivity (Wildman–Crippen MR) is 131 cm³/mol. The number of fused-ring (bicyclic) bond motifs is 1. The van der Waals surface area contributed by atoms with E-state index in [1.807, 2.05) is 30.3 Å². The largest absolute Gasteiger partial charge is 0.477 e. The van der Waals surface area contributed by atoms with Crippen molar-refractivity contribution >= 4 is 33.3 Å². The maximum Gasteiger partial charge on any atom is 0.346 e. The van der Waals surface area contributed by atoms with Crippen molar-refractivity contribution < 1.29 is 14.6 Å². The molecule has 0 bridgehead atoms. The van der Waals surface area contributed by atoms with E-state index in [9.17, 15) is 9.90 Å². The molecule has 1 aromatic carbocycles. The number of hydrogen-bond acceptors (Lipinski definition) is 7. The van der Waals surface area contributed by atoms with Gasteiger partial charge in [-0.3, -0.25) is 4.90 Å². The second-order valence-electron chi connectivity index (χ2n) is 8.77. The van der Waals surface area contributed by atoms with Gasteiger partial charge in [-0.15, -0.1) is 11.3 Å². The molecule has 2 aromatic heterocycles. The summed E-state index contributed by atoms with van der Waals surface area (Å²) in [7, 11) is 0. The van der Waals surface area contributed by atoms with Crippen molar-refractivity contribution in [3.8, 4) is 11.1 Å². The van der Waals surface area contributed by atoms with Gasteiger partial charge < -0.3 is 14.7 Å². The van der Waals surface area contributed by atoms with Crippen LogP contribution < -0.4 is 4.90 Å². The third kappa shape index (κ3) is 4.35. The molecule has 0 spiro atoms. The van der Waals surface area contributed by atoms with Gasteiger partial charge in [0.1, 0.15) is 28.1 Å². The van der Waals surface area contributed by atoms with Crippen LogP contribution in [0.4, 0.5) is 5.82 Å². The Balaban J connectivity index is 1.46. The van der Waals surface area contributed by atoms with Gasteiger partial charge >= 0.3 is 5.97 Å². The SMILES string of the molecule is CCOC(C1CCN(c2ncnc3sc(C(=O)O)c(-c4ccccc4)c23)CC1)N1CCCC1. The van der Waals surface area contributed by atoms with Crippen LogP contribution in [0.3, 0.4) is 0 Å². The Bertz CT molecular complexity index is 1110. The van der Waals surface area contributed by atoms with E-state index in [1.165, 1.54) is 24.2 Å². The van der Waals surface area contributed by atoms with Gasteiger partial charge in [0.2, 0.25) is 0 Å². The van der Waals surface area contributed by atoms with Crippen LogP contribution in [0.25, 0.3) is 21.3 Å². The Kier molecular flexibility index (Phi) is 6.57. The van der Waals surface area contributed by atoms with Crippen LogP contribution in [0.1, 0.15) is 42.3 Å². The molecule has 5 rings (SSSR count). The average Bonchev–Trinajstić information content (AvgIpc) is 3.51. The molecule has 0 amide bonds. The Morgan fingerprint density at radius 3 is 2.55 bits per heavy atom. The summed E-state index contributed by atoms with van der Waals surface area (Å²) < 4.78 is 6.20. The zero-order valence-corrected chi connectivity index (χ0v) is 19.8. The fourth-order valence-electron chi connectivity index (χ4n) is 5.29. The van der Waals surface area contributed by atoms with E-state index in [4.69, 9.17) is 4.74 Å². The highest BCUT2D eigenvalue weighted by molar-refractivity contribution is 7.21. The first-order valence-electron chi connectivity index (χ1n) is 11.8. The Labute approximate surface area is 198 Å². The van der Waals surface area contributed by atoms with Crippen molar-refractivity contribution in [2.75, 3.05) is 37.7 Å². The molecule has 1 unspecified atom stereocenters. The summed E-state index contributed by atoms with van der Waals surface area (Å²) >= 11 is 1.23. The molecule has 4 heterocycles. The number of benzene rings is 1. The molecule has 0 saturated carbocycles. The number of piperidine rings is 1. The third-order valence-electron chi connectivity index (χ3n) is 6.81. The molecule has 2 aliphatic heterocycles. The normalized spacial score (nSPS) is 18.8. The number of thiophene rings is 1. The van der Waals surface area contributed by atoms with Crippen molar-refractivity contribution in [2.45, 2.75) is 38.8 Å². The number of ether oxygens (including phenoxy) is 1. The molecule has 7 nitrogen and oxygen atoms in total. The van der Waals surface area contributed by atoms with Crippen molar-refractivity contribution in [3.63, 3.8) is 0 Å². The first-order valence-corrected chi connectivity index (χ1v) is 12.7. The van der Waals surface area contributed by atoms with Gasteiger partial charge in [-0.05, 0) is 38.2 Å². The Morgan fingerprint density at radius 2 is 1.88 bits per heavy atom. The average molecular weight is 467 g/mol. The van der Waals surface area contributed by atoms with Crippen LogP contribution in [0.2, 0.25) is 0 Å². The quantitative estimate of drug-likeness (QED) is 0.539. The summed E-state index contributed by atoms with van der Waals surface area (Å²) in [6.45, 7) is 6.83. The number of anilines is 1. The summed E-state index contributed by atoms with van der Waals surface area (Å²) in [4.78, 5) is 27.0. The summed E-state index contributed by atoms with van der Waals surface area (Å²) in [5, 5.41) is 10.8. The number of hydrogen-bond donors (Lipinski definition) is 1. The van der Waals surface area contributed by atoms with Crippen LogP contribution in [-0.2, 0) is 4.74 Å². The summed E-state index contributed by atoms with van der Waals surface area (Å²) in [5.41, 5.74) is 1.61. The standard InChI is InChI=1S/C25H30N4O3S/c1-2-32-24(29-12-6-7-13-29)18-10-14-28(15-11-18)22-20-19(17-8-4-3-5-9-17)21(25(30)31)33-23(20)27-16-26-22/h3-5,8-9,16,18,24H,2,6-7,10-15H2,1H3,(H,30,31). The zero-order chi connectivity index (χ0) is 22.8. The van der Waals surface area contributed by atoms with Crippen molar-refractivity contribution in [1.29, 1.82) is 0 Å². The molecular weight excluding hydrogens is 436 g/mol. The summed E-state index contributed by atoms with van der Waals surface area (Å²) in [6.07, 6.45) is 6.34. The lowest BCUT2D eigenvalue weighted by molar-refractivity contribution is -0.0858. The van der Waals surface area contributed by atoms with Gasteiger partial charge in [0.05, 0.1) is 5.39 Å². The number of likely N-dealkylation sites (tertiary alicyclic amines) is 1. The van der Waals surface area contributed by atoms with E-state index < -0.39 is 5.97 Å². The van der Waals surface area contributed by atoms with Crippen LogP contribution in [-0.4, -0.2) is 65.0 Å². The minimum atomic E-state index is -0.924. The van der Waals surface area contributed by atoms with Gasteiger partial charge in [0.15, 0.2) is 0 Å². The minimum absolute atomic E-state index is 0.199. The lowest BCUT2D eigenvalue weighted by Gasteiger charge is -2.40. The number of carboxylic acids is 1. The number of nitrogens with zero attached hydrogens (tertiary/aromatic N) is 4. The topological polar surface area (TPSA) is 78.8 Å². The van der Waals surface area contributed by atoms with Gasteiger partial charge in [0.25, 0.3) is 0 Å². The van der Waals surface area contributed by atoms with Gasteiger partial charge in [0, 0.05) is 44.3 Å². The van der Waals surface area contributed by atoms with E-state index in [2.05, 4.69) is 26.7 Å². The fourth-order valence-corrected chi connectivity index (χ4v) is 6.29. The number of carbonyl (C=O) groups is 1. The molecular formula is C25H30N4O3S. The maximum absolute atomic E-state index is 12.1. The van der Waals surface area contributed by atoms with Crippen LogP contribution in [0.15, 0.2) is 36.7 Å². The third-order valence-corrected chi connectivity index (χ3v) is 7.89. The number of rotatable bonds is 7. The second-order valence-corrected chi connectivity index (χ2v) is 9.77. The highest BCUT2D eigenvalue weighted by Crippen LogP contribution is 2.42. The van der Waals surface area contributed by atoms with Crippen molar-refractivity contribution in [1.82, 2.24) is 14.9 Å². The van der Waals surface area contributed by atoms with Crippen LogP contribution in [0, 0.1) is 5.92 Å². The number of aromatic nitrogens is 2. The predicted octanol–water partition coefficient (Wildman–Crippen LogP) is 4.73. The molecule has 1 N–H and O–H groups in total. The monoisotopic (exact) mass is 466 g/mol. The molecule has 174 valence electrons. The second kappa shape index (κ2) is 9.75. The molecule has 2 saturated heterocycles. The minimum Gasteiger partial charge on any atom is -0.477 e. The van der Waals surface area contributed by atoms with E-state index >= 15 is 0 Å². The highest BCUT2D eigenvalue weighted by atomic mass is 32.1. The van der Waals surface area contributed by atoms with Crippen molar-refractivity contribution in [2.24, 2.45) is 5.92 Å². The summed E-state index contributed by atoms with van der Waals surface area (Å²) in [5.74, 6) is 0.421. The molecule has 2 fully saturated rings. The lowest BCUT2D eigenvalue weighted by Crippen LogP contribution is -2.46. The fraction of sp³-hybridized carbons (Fsp3) is 0.480. The molecule has 3 aromatic rings. The highest BCUT2D eigenvalue weighted by Gasteiger charge is 2.34. The number of aromatic carboxylic acids is 1. The summed E-state index contributed by atoms with van der Waals surface area (Å²) in [6, 6.07) is 9.73. The van der Waals surface area contributed by atoms with Crippen molar-refractivity contribution in [3.05, 3.63) is 41.5 Å². The van der Waals surface area contributed by atoms with Gasteiger partial charge in [-0.2, -0.15) is 0 Å². The Hall–Kier alpha value is -2.55. The molecule has 33 heavy (non-hydrogen) atoms. The van der Waals surface area contributed by atoms with Crippen LogP contribution in [0.5, 0.6) is 0 Å². The van der Waals surface area contributed by atoms with Gasteiger partial charge in [-0.1, -0.05) is 30.3 Å². The molecule has 1 atom stereocenters. The lowest BCUT2D eigenvalue weighted by atomic mass is 9.93. The molecule has 0 aliphatic carbocycles. The first-order chi connectivity index (χ1) is 16.2. The first kappa shape index (κ1) is 22.3. The van der Waals surface area contributed by atoms with Gasteiger partial charge in [-0.25, -0.2) is 14.8 Å². The van der Waals surface area contributed by atoms with Crippen LogP contribution >= 0.6 is 11.3 Å². The smallest absolute Gasteiger partial charge is 0.346 e. The maximum atomic E-state index is 12.1. The zero-order valence-electron chi connectivity index (χ0n) is 18.9. The van der Waals surface area contributed by atoms with E-state index in [1.54, 1.807) is 6.33 Å². The van der Waals surface area contributed by atoms with E-state index in [-0.39, 0.29) is 6.23 Å². The molecule has 8 heteroatoms. The number of carboxylic acid groups (broad SMARTS) is 1. The molecule has 2 aliphatic rings. The molecule has 0 radical (unpaired) electrons. The van der Waals surface area contributed by atoms with E-state index in [0.717, 1.165) is 72.8 Å².